The molecular formula is C14H27N. The molecule has 88 valence electrons. The van der Waals surface area contributed by atoms with E-state index in [2.05, 4.69) is 26.1 Å². The van der Waals surface area contributed by atoms with Crippen molar-refractivity contribution in [2.24, 2.45) is 16.7 Å². The molecule has 1 aliphatic carbocycles. The molecule has 2 fully saturated rings. The Balaban J connectivity index is 2.17. The van der Waals surface area contributed by atoms with Gasteiger partial charge in [0.1, 0.15) is 0 Å². The molecule has 1 N–H and O–H groups in total. The molecule has 1 nitrogen and oxygen atoms in total. The molecule has 1 unspecified atom stereocenters. The summed E-state index contributed by atoms with van der Waals surface area (Å²) in [6.45, 7) is 9.87. The quantitative estimate of drug-likeness (QED) is 0.643. The Morgan fingerprint density at radius 1 is 1.00 bits per heavy atom. The molecule has 1 saturated carbocycles. The Kier molecular flexibility index (Phi) is 3.12. The van der Waals surface area contributed by atoms with E-state index in [1.54, 1.807) is 0 Å². The highest BCUT2D eigenvalue weighted by atomic mass is 14.9. The highest BCUT2D eigenvalue weighted by Crippen LogP contribution is 2.54. The number of rotatable bonds is 0. The van der Waals surface area contributed by atoms with Gasteiger partial charge in [0.15, 0.2) is 0 Å². The van der Waals surface area contributed by atoms with Crippen LogP contribution in [0.3, 0.4) is 0 Å². The molecule has 0 aromatic carbocycles. The lowest BCUT2D eigenvalue weighted by Gasteiger charge is -2.52. The second kappa shape index (κ2) is 4.08. The van der Waals surface area contributed by atoms with E-state index in [1.807, 2.05) is 0 Å². The summed E-state index contributed by atoms with van der Waals surface area (Å²) in [5.41, 5.74) is 1.21. The fourth-order valence-corrected chi connectivity index (χ4v) is 4.18. The van der Waals surface area contributed by atoms with Crippen LogP contribution in [0.2, 0.25) is 0 Å². The fraction of sp³-hybridized carbons (Fsp3) is 1.00. The molecule has 0 aromatic heterocycles. The van der Waals surface area contributed by atoms with Gasteiger partial charge in [0, 0.05) is 0 Å². The van der Waals surface area contributed by atoms with Gasteiger partial charge in [-0.3, -0.25) is 0 Å². The molecule has 0 bridgehead atoms. The first-order valence-corrected chi connectivity index (χ1v) is 6.75. The molecule has 2 aliphatic rings. The number of nitrogens with one attached hydrogen (secondary N) is 1. The summed E-state index contributed by atoms with van der Waals surface area (Å²) in [6.07, 6.45) is 8.77. The predicted molar refractivity (Wildman–Crippen MR) is 65.9 cm³/mol. The van der Waals surface area contributed by atoms with E-state index >= 15 is 0 Å². The van der Waals surface area contributed by atoms with Gasteiger partial charge < -0.3 is 5.32 Å². The van der Waals surface area contributed by atoms with E-state index in [0.29, 0.717) is 10.8 Å². The highest BCUT2D eigenvalue weighted by molar-refractivity contribution is 4.97. The van der Waals surface area contributed by atoms with E-state index in [-0.39, 0.29) is 0 Å². The van der Waals surface area contributed by atoms with Crippen molar-refractivity contribution < 1.29 is 0 Å². The molecule has 1 atom stereocenters. The van der Waals surface area contributed by atoms with Crippen molar-refractivity contribution in [1.82, 2.24) is 5.32 Å². The van der Waals surface area contributed by atoms with Gasteiger partial charge in [-0.05, 0) is 55.5 Å². The van der Waals surface area contributed by atoms with Crippen LogP contribution in [0.4, 0.5) is 0 Å². The fourth-order valence-electron chi connectivity index (χ4n) is 4.18. The normalized spacial score (nSPS) is 31.8. The minimum Gasteiger partial charge on any atom is -0.317 e. The zero-order valence-electron chi connectivity index (χ0n) is 10.7. The smallest absolute Gasteiger partial charge is 0.00435 e. The lowest BCUT2D eigenvalue weighted by Crippen LogP contribution is -2.47. The summed E-state index contributed by atoms with van der Waals surface area (Å²) in [5, 5.41) is 3.53. The molecule has 15 heavy (non-hydrogen) atoms. The lowest BCUT2D eigenvalue weighted by atomic mass is 9.54. The Labute approximate surface area is 95.0 Å². The Bertz CT molecular complexity index is 200. The van der Waals surface area contributed by atoms with Gasteiger partial charge >= 0.3 is 0 Å². The maximum absolute atomic E-state index is 3.53. The second-order valence-electron chi connectivity index (χ2n) is 6.78. The summed E-state index contributed by atoms with van der Waals surface area (Å²) in [6, 6.07) is 0. The Hall–Kier alpha value is -0.0400. The summed E-state index contributed by atoms with van der Waals surface area (Å²) >= 11 is 0. The van der Waals surface area contributed by atoms with Gasteiger partial charge in [0.25, 0.3) is 0 Å². The zero-order chi connectivity index (χ0) is 10.9. The minimum absolute atomic E-state index is 0.512. The lowest BCUT2D eigenvalue weighted by molar-refractivity contribution is -0.0128. The molecule has 0 radical (unpaired) electrons. The Morgan fingerprint density at radius 2 is 1.67 bits per heavy atom. The molecule has 0 amide bonds. The van der Waals surface area contributed by atoms with Gasteiger partial charge in [-0.15, -0.1) is 0 Å². The van der Waals surface area contributed by atoms with Crippen LogP contribution in [0, 0.1) is 16.7 Å². The molecule has 1 heterocycles. The molecule has 0 aromatic rings. The zero-order valence-corrected chi connectivity index (χ0v) is 10.7. The summed E-state index contributed by atoms with van der Waals surface area (Å²) in [4.78, 5) is 0. The number of hydrogen-bond acceptors (Lipinski definition) is 1. The number of piperidine rings is 1. The van der Waals surface area contributed by atoms with Crippen LogP contribution >= 0.6 is 0 Å². The summed E-state index contributed by atoms with van der Waals surface area (Å²) in [7, 11) is 0. The van der Waals surface area contributed by atoms with Crippen LogP contribution in [-0.2, 0) is 0 Å². The van der Waals surface area contributed by atoms with E-state index in [9.17, 15) is 0 Å². The second-order valence-corrected chi connectivity index (χ2v) is 6.78. The summed E-state index contributed by atoms with van der Waals surface area (Å²) < 4.78 is 0. The molecule has 1 saturated heterocycles. The molecule has 1 aliphatic heterocycles. The van der Waals surface area contributed by atoms with Crippen LogP contribution in [0.25, 0.3) is 0 Å². The molecule has 1 spiro atoms. The van der Waals surface area contributed by atoms with Crippen molar-refractivity contribution in [2.45, 2.75) is 59.3 Å². The topological polar surface area (TPSA) is 12.0 Å². The van der Waals surface area contributed by atoms with Gasteiger partial charge in [-0.1, -0.05) is 33.6 Å². The van der Waals surface area contributed by atoms with Gasteiger partial charge in [-0.25, -0.2) is 0 Å². The van der Waals surface area contributed by atoms with E-state index in [4.69, 9.17) is 0 Å². The summed E-state index contributed by atoms with van der Waals surface area (Å²) in [5.74, 6) is 0.959. The average Bonchev–Trinajstić information content (AvgIpc) is 2.18. The van der Waals surface area contributed by atoms with Crippen molar-refractivity contribution in [1.29, 1.82) is 0 Å². The maximum atomic E-state index is 3.53. The van der Waals surface area contributed by atoms with Crippen LogP contribution < -0.4 is 5.32 Å². The van der Waals surface area contributed by atoms with Crippen molar-refractivity contribution in [3.8, 4) is 0 Å². The highest BCUT2D eigenvalue weighted by Gasteiger charge is 2.45. The van der Waals surface area contributed by atoms with E-state index in [1.165, 1.54) is 51.6 Å². The van der Waals surface area contributed by atoms with E-state index in [0.717, 1.165) is 5.92 Å². The van der Waals surface area contributed by atoms with Crippen molar-refractivity contribution in [2.75, 3.05) is 13.1 Å². The standard InChI is InChI=1S/C14H27N/c1-13(2,3)12-6-4-5-7-14(12)8-10-15-11-9-14/h12,15H,4-11H2,1-3H3. The largest absolute Gasteiger partial charge is 0.317 e. The van der Waals surface area contributed by atoms with Crippen LogP contribution in [0.1, 0.15) is 59.3 Å². The first-order chi connectivity index (χ1) is 7.05. The third-order valence-corrected chi connectivity index (χ3v) is 4.80. The van der Waals surface area contributed by atoms with Crippen molar-refractivity contribution >= 4 is 0 Å². The maximum Gasteiger partial charge on any atom is -0.00435 e. The van der Waals surface area contributed by atoms with Gasteiger partial charge in [0.2, 0.25) is 0 Å². The first-order valence-electron chi connectivity index (χ1n) is 6.75. The Morgan fingerprint density at radius 3 is 2.27 bits per heavy atom. The third-order valence-electron chi connectivity index (χ3n) is 4.80. The minimum atomic E-state index is 0.512. The SMILES string of the molecule is CC(C)(C)C1CCCCC12CCNCC2. The van der Waals surface area contributed by atoms with Crippen LogP contribution in [0.15, 0.2) is 0 Å². The predicted octanol–water partition coefficient (Wildman–Crippen LogP) is 3.59. The van der Waals surface area contributed by atoms with Crippen molar-refractivity contribution in [3.63, 3.8) is 0 Å². The van der Waals surface area contributed by atoms with Gasteiger partial charge in [-0.2, -0.15) is 0 Å². The first kappa shape index (κ1) is 11.4. The average molecular weight is 209 g/mol. The van der Waals surface area contributed by atoms with Crippen LogP contribution in [-0.4, -0.2) is 13.1 Å². The van der Waals surface area contributed by atoms with Gasteiger partial charge in [0.05, 0.1) is 0 Å². The van der Waals surface area contributed by atoms with Crippen LogP contribution in [0.5, 0.6) is 0 Å². The monoisotopic (exact) mass is 209 g/mol. The molecule has 2 rings (SSSR count). The molecular weight excluding hydrogens is 182 g/mol. The number of hydrogen-bond donors (Lipinski definition) is 1. The molecule has 1 heteroatoms. The third kappa shape index (κ3) is 2.22. The van der Waals surface area contributed by atoms with E-state index < -0.39 is 0 Å². The van der Waals surface area contributed by atoms with Crippen molar-refractivity contribution in [3.05, 3.63) is 0 Å².